The maximum Gasteiger partial charge on any atom is 0.229 e. The van der Waals surface area contributed by atoms with E-state index < -0.39 is 5.79 Å². The predicted molar refractivity (Wildman–Crippen MR) is 74.9 cm³/mol. The Labute approximate surface area is 118 Å². The highest BCUT2D eigenvalue weighted by molar-refractivity contribution is 5.54. The fourth-order valence-corrected chi connectivity index (χ4v) is 2.91. The van der Waals surface area contributed by atoms with Crippen molar-refractivity contribution >= 4 is 0 Å². The molecule has 4 rings (SSSR count). The summed E-state index contributed by atoms with van der Waals surface area (Å²) in [6.07, 6.45) is 2.04. The van der Waals surface area contributed by atoms with Crippen LogP contribution in [0.4, 0.5) is 0 Å². The van der Waals surface area contributed by atoms with E-state index >= 15 is 0 Å². The molecule has 0 bridgehead atoms. The quantitative estimate of drug-likeness (QED) is 0.727. The van der Waals surface area contributed by atoms with Gasteiger partial charge in [-0.2, -0.15) is 0 Å². The molecule has 0 amide bonds. The van der Waals surface area contributed by atoms with Crippen LogP contribution in [0.5, 0.6) is 11.5 Å². The van der Waals surface area contributed by atoms with Gasteiger partial charge < -0.3 is 14.2 Å². The van der Waals surface area contributed by atoms with Crippen molar-refractivity contribution < 1.29 is 14.2 Å². The molecule has 0 aromatic heterocycles. The summed E-state index contributed by atoms with van der Waals surface area (Å²) in [5, 5.41) is 0. The first-order chi connectivity index (χ1) is 9.90. The van der Waals surface area contributed by atoms with Gasteiger partial charge in [0.05, 0.1) is 24.3 Å². The molecule has 2 aromatic rings. The lowest BCUT2D eigenvalue weighted by Gasteiger charge is -2.38. The molecule has 0 atom stereocenters. The normalized spacial score (nSPS) is 19.6. The molecular formula is C17H16O3. The molecule has 3 nitrogen and oxygen atoms in total. The molecule has 1 spiro atoms. The molecule has 102 valence electrons. The van der Waals surface area contributed by atoms with E-state index in [2.05, 4.69) is 0 Å². The molecule has 1 saturated heterocycles. The fourth-order valence-electron chi connectivity index (χ4n) is 2.91. The van der Waals surface area contributed by atoms with Crippen LogP contribution in [0.1, 0.15) is 24.0 Å². The van der Waals surface area contributed by atoms with Gasteiger partial charge in [-0.25, -0.2) is 0 Å². The summed E-state index contributed by atoms with van der Waals surface area (Å²) in [6, 6.07) is 15.9. The molecule has 2 aliphatic rings. The van der Waals surface area contributed by atoms with E-state index in [0.717, 1.165) is 35.5 Å². The minimum atomic E-state index is -0.818. The fraction of sp³-hybridized carbons (Fsp3) is 0.294. The van der Waals surface area contributed by atoms with Gasteiger partial charge in [0.15, 0.2) is 0 Å². The standard InChI is InChI=1S/C17H16O3/c1-3-9-15-13(7-1)17(18-11-5-6-12-19-17)14-8-2-4-10-16(14)20-15/h1-4,7-10H,5-6,11-12H2. The lowest BCUT2D eigenvalue weighted by Crippen LogP contribution is -2.36. The molecule has 1 fully saturated rings. The highest BCUT2D eigenvalue weighted by Crippen LogP contribution is 2.50. The van der Waals surface area contributed by atoms with Crippen LogP contribution in [0.25, 0.3) is 0 Å². The van der Waals surface area contributed by atoms with Crippen LogP contribution in [-0.4, -0.2) is 13.2 Å². The molecule has 2 aliphatic heterocycles. The van der Waals surface area contributed by atoms with Crippen LogP contribution in [0.2, 0.25) is 0 Å². The number of ether oxygens (including phenoxy) is 3. The van der Waals surface area contributed by atoms with Gasteiger partial charge in [-0.1, -0.05) is 24.3 Å². The molecule has 0 unspecified atom stereocenters. The Kier molecular flexibility index (Phi) is 2.76. The van der Waals surface area contributed by atoms with Gasteiger partial charge >= 0.3 is 0 Å². The summed E-state index contributed by atoms with van der Waals surface area (Å²) < 4.78 is 18.4. The number of benzene rings is 2. The SMILES string of the molecule is c1ccc2c(c1)Oc1ccccc1C21OCCCCO1. The summed E-state index contributed by atoms with van der Waals surface area (Å²) in [6.45, 7) is 1.39. The number of rotatable bonds is 0. The van der Waals surface area contributed by atoms with Crippen molar-refractivity contribution in [1.82, 2.24) is 0 Å². The highest BCUT2D eigenvalue weighted by Gasteiger charge is 2.45. The van der Waals surface area contributed by atoms with Crippen molar-refractivity contribution in [2.45, 2.75) is 18.6 Å². The zero-order valence-electron chi connectivity index (χ0n) is 11.2. The summed E-state index contributed by atoms with van der Waals surface area (Å²) in [4.78, 5) is 0. The van der Waals surface area contributed by atoms with E-state index in [1.54, 1.807) is 0 Å². The number of hydrogen-bond donors (Lipinski definition) is 0. The second kappa shape index (κ2) is 4.62. The molecule has 0 saturated carbocycles. The minimum Gasteiger partial charge on any atom is -0.456 e. The van der Waals surface area contributed by atoms with Crippen LogP contribution >= 0.6 is 0 Å². The highest BCUT2D eigenvalue weighted by atomic mass is 16.7. The summed E-state index contributed by atoms with van der Waals surface area (Å²) in [7, 11) is 0. The largest absolute Gasteiger partial charge is 0.456 e. The van der Waals surface area contributed by atoms with Gasteiger partial charge in [0.1, 0.15) is 11.5 Å². The predicted octanol–water partition coefficient (Wildman–Crippen LogP) is 3.82. The first-order valence-corrected chi connectivity index (χ1v) is 7.05. The first-order valence-electron chi connectivity index (χ1n) is 7.05. The van der Waals surface area contributed by atoms with Crippen LogP contribution in [0.3, 0.4) is 0 Å². The van der Waals surface area contributed by atoms with Crippen molar-refractivity contribution in [3.8, 4) is 11.5 Å². The Morgan fingerprint density at radius 2 is 1.20 bits per heavy atom. The van der Waals surface area contributed by atoms with Gasteiger partial charge in [-0.15, -0.1) is 0 Å². The van der Waals surface area contributed by atoms with Gasteiger partial charge in [-0.3, -0.25) is 0 Å². The Bertz CT molecular complexity index is 580. The lowest BCUT2D eigenvalue weighted by molar-refractivity contribution is -0.208. The van der Waals surface area contributed by atoms with E-state index in [-0.39, 0.29) is 0 Å². The third-order valence-corrected chi connectivity index (χ3v) is 3.85. The number of fused-ring (bicyclic) bond motifs is 4. The van der Waals surface area contributed by atoms with Crippen molar-refractivity contribution in [2.75, 3.05) is 13.2 Å². The first kappa shape index (κ1) is 11.9. The van der Waals surface area contributed by atoms with E-state index in [4.69, 9.17) is 14.2 Å². The monoisotopic (exact) mass is 268 g/mol. The van der Waals surface area contributed by atoms with E-state index in [0.29, 0.717) is 13.2 Å². The zero-order valence-corrected chi connectivity index (χ0v) is 11.2. The Morgan fingerprint density at radius 3 is 1.75 bits per heavy atom. The average Bonchev–Trinajstić information content (AvgIpc) is 2.75. The second-order valence-electron chi connectivity index (χ2n) is 5.11. The molecule has 2 heterocycles. The van der Waals surface area contributed by atoms with E-state index in [1.807, 2.05) is 48.5 Å². The summed E-state index contributed by atoms with van der Waals surface area (Å²) in [5.41, 5.74) is 1.92. The molecule has 0 N–H and O–H groups in total. The summed E-state index contributed by atoms with van der Waals surface area (Å²) in [5.74, 6) is 0.809. The maximum absolute atomic E-state index is 6.18. The molecule has 0 radical (unpaired) electrons. The molecule has 20 heavy (non-hydrogen) atoms. The Hall–Kier alpha value is -1.84. The zero-order chi connectivity index (χ0) is 13.4. The third-order valence-electron chi connectivity index (χ3n) is 3.85. The van der Waals surface area contributed by atoms with Gasteiger partial charge in [0.2, 0.25) is 5.79 Å². The van der Waals surface area contributed by atoms with Crippen LogP contribution in [-0.2, 0) is 15.3 Å². The Balaban J connectivity index is 1.96. The van der Waals surface area contributed by atoms with E-state index in [1.165, 1.54) is 0 Å². The van der Waals surface area contributed by atoms with Crippen LogP contribution in [0.15, 0.2) is 48.5 Å². The molecule has 3 heteroatoms. The van der Waals surface area contributed by atoms with Crippen LogP contribution < -0.4 is 4.74 Å². The number of hydrogen-bond acceptors (Lipinski definition) is 3. The van der Waals surface area contributed by atoms with Crippen molar-refractivity contribution in [3.05, 3.63) is 59.7 Å². The van der Waals surface area contributed by atoms with Crippen LogP contribution in [0, 0.1) is 0 Å². The van der Waals surface area contributed by atoms with Gasteiger partial charge in [0, 0.05) is 0 Å². The van der Waals surface area contributed by atoms with Crippen molar-refractivity contribution in [1.29, 1.82) is 0 Å². The van der Waals surface area contributed by atoms with Gasteiger partial charge in [-0.05, 0) is 37.1 Å². The molecule has 2 aromatic carbocycles. The molecule has 0 aliphatic carbocycles. The smallest absolute Gasteiger partial charge is 0.229 e. The molecular weight excluding hydrogens is 252 g/mol. The average molecular weight is 268 g/mol. The summed E-state index contributed by atoms with van der Waals surface area (Å²) >= 11 is 0. The minimum absolute atomic E-state index is 0.697. The van der Waals surface area contributed by atoms with Crippen molar-refractivity contribution in [3.63, 3.8) is 0 Å². The van der Waals surface area contributed by atoms with Crippen molar-refractivity contribution in [2.24, 2.45) is 0 Å². The second-order valence-corrected chi connectivity index (χ2v) is 5.11. The topological polar surface area (TPSA) is 27.7 Å². The van der Waals surface area contributed by atoms with Gasteiger partial charge in [0.25, 0.3) is 0 Å². The third kappa shape index (κ3) is 1.67. The van der Waals surface area contributed by atoms with E-state index in [9.17, 15) is 0 Å². The number of para-hydroxylation sites is 2. The maximum atomic E-state index is 6.18. The Morgan fingerprint density at radius 1 is 0.700 bits per heavy atom. The lowest BCUT2D eigenvalue weighted by atomic mass is 9.93.